The maximum absolute atomic E-state index is 14.5. The summed E-state index contributed by atoms with van der Waals surface area (Å²) in [5, 5.41) is 4.47. The van der Waals surface area contributed by atoms with Crippen molar-refractivity contribution in [1.82, 2.24) is 9.97 Å². The third kappa shape index (κ3) is 5.69. The van der Waals surface area contributed by atoms with Gasteiger partial charge in [-0.25, -0.2) is 9.37 Å². The smallest absolute Gasteiger partial charge is 0.255 e. The molecule has 10 heteroatoms. The molecule has 6 rings (SSSR count). The number of ketones is 1. The van der Waals surface area contributed by atoms with Crippen LogP contribution in [0.5, 0.6) is 11.6 Å². The number of nitrogens with zero attached hydrogens (tertiary/aromatic N) is 4. The van der Waals surface area contributed by atoms with E-state index in [2.05, 4.69) is 15.3 Å². The van der Waals surface area contributed by atoms with Crippen LogP contribution in [0.4, 0.5) is 21.7 Å². The lowest BCUT2D eigenvalue weighted by atomic mass is 10.1. The van der Waals surface area contributed by atoms with Crippen LogP contribution in [-0.4, -0.2) is 60.5 Å². The number of aromatic nitrogens is 2. The zero-order valence-corrected chi connectivity index (χ0v) is 22.7. The van der Waals surface area contributed by atoms with Gasteiger partial charge in [-0.2, -0.15) is 4.98 Å². The Labute approximate surface area is 236 Å². The Hall–Kier alpha value is -4.57. The average Bonchev–Trinajstić information content (AvgIpc) is 3.50. The molecule has 9 nitrogen and oxygen atoms in total. The van der Waals surface area contributed by atoms with E-state index in [-0.39, 0.29) is 17.4 Å². The minimum absolute atomic E-state index is 0.0941. The highest BCUT2D eigenvalue weighted by molar-refractivity contribution is 6.10. The summed E-state index contributed by atoms with van der Waals surface area (Å²) in [6, 6.07) is 16.9. The predicted octanol–water partition coefficient (Wildman–Crippen LogP) is 5.21. The number of ether oxygens (including phenoxy) is 2. The van der Waals surface area contributed by atoms with E-state index in [0.29, 0.717) is 61.8 Å². The minimum Gasteiger partial charge on any atom is -0.438 e. The van der Waals surface area contributed by atoms with Gasteiger partial charge in [-0.05, 0) is 50.1 Å². The fraction of sp³-hybridized carbons (Fsp3) is 0.290. The van der Waals surface area contributed by atoms with Crippen LogP contribution in [0, 0.1) is 5.82 Å². The highest BCUT2D eigenvalue weighted by Crippen LogP contribution is 2.35. The summed E-state index contributed by atoms with van der Waals surface area (Å²) in [5.41, 5.74) is 1.45. The number of hydrogen-bond donors (Lipinski definition) is 1. The first-order chi connectivity index (χ1) is 20.0. The zero-order valence-electron chi connectivity index (χ0n) is 22.7. The Morgan fingerprint density at radius 2 is 1.83 bits per heavy atom. The zero-order chi connectivity index (χ0) is 28.3. The first-order valence-corrected chi connectivity index (χ1v) is 13.7. The van der Waals surface area contributed by atoms with E-state index < -0.39 is 11.7 Å². The molecular formula is C31H30FN5O4. The number of carbonyl (C=O) groups excluding carboxylic acids is 2. The van der Waals surface area contributed by atoms with Gasteiger partial charge in [0.2, 0.25) is 11.8 Å². The van der Waals surface area contributed by atoms with Crippen LogP contribution in [0.3, 0.4) is 0 Å². The Bertz CT molecular complexity index is 1610. The van der Waals surface area contributed by atoms with Gasteiger partial charge >= 0.3 is 0 Å². The van der Waals surface area contributed by atoms with Crippen LogP contribution in [0.25, 0.3) is 10.8 Å². The fourth-order valence-corrected chi connectivity index (χ4v) is 5.44. The second-order valence-electron chi connectivity index (χ2n) is 10.2. The Morgan fingerprint density at radius 3 is 2.63 bits per heavy atom. The summed E-state index contributed by atoms with van der Waals surface area (Å²) in [6.45, 7) is 4.70. The number of hydrogen-bond acceptors (Lipinski definition) is 8. The number of benzene rings is 3. The number of halogens is 1. The van der Waals surface area contributed by atoms with Gasteiger partial charge in [0, 0.05) is 59.6 Å². The van der Waals surface area contributed by atoms with E-state index in [1.54, 1.807) is 37.4 Å². The second kappa shape index (κ2) is 11.5. The summed E-state index contributed by atoms with van der Waals surface area (Å²) in [7, 11) is 0. The van der Waals surface area contributed by atoms with Gasteiger partial charge in [-0.3, -0.25) is 9.59 Å². The van der Waals surface area contributed by atoms with Crippen molar-refractivity contribution < 1.29 is 23.5 Å². The maximum Gasteiger partial charge on any atom is 0.255 e. The van der Waals surface area contributed by atoms with Gasteiger partial charge in [-0.1, -0.05) is 24.3 Å². The molecule has 2 aliphatic rings. The van der Waals surface area contributed by atoms with Gasteiger partial charge in [0.15, 0.2) is 5.78 Å². The van der Waals surface area contributed by atoms with E-state index in [1.165, 1.54) is 12.1 Å². The molecule has 4 aromatic rings. The summed E-state index contributed by atoms with van der Waals surface area (Å²) < 4.78 is 26.1. The molecule has 1 amide bonds. The summed E-state index contributed by atoms with van der Waals surface area (Å²) in [4.78, 5) is 38.2. The minimum atomic E-state index is -0.472. The molecule has 1 atom stereocenters. The van der Waals surface area contributed by atoms with Crippen LogP contribution in [-0.2, 0) is 9.53 Å². The van der Waals surface area contributed by atoms with Crippen molar-refractivity contribution in [2.75, 3.05) is 48.0 Å². The van der Waals surface area contributed by atoms with Crippen molar-refractivity contribution in [3.8, 4) is 11.6 Å². The third-order valence-corrected chi connectivity index (χ3v) is 7.46. The second-order valence-corrected chi connectivity index (χ2v) is 10.2. The number of morpholine rings is 1. The van der Waals surface area contributed by atoms with Gasteiger partial charge in [0.1, 0.15) is 11.6 Å². The topological polar surface area (TPSA) is 96.9 Å². The fourth-order valence-electron chi connectivity index (χ4n) is 5.44. The SMILES string of the molecule is CC(=O)[C@@H]1CCCN1c1nccc(Oc2ccc(NC(=O)c3cc(F)cc(N4CCOCC4)c3)c3ccccc23)n1. The number of anilines is 3. The molecule has 2 aliphatic heterocycles. The van der Waals surface area contributed by atoms with Gasteiger partial charge in [0.25, 0.3) is 5.91 Å². The molecule has 0 bridgehead atoms. The lowest BCUT2D eigenvalue weighted by molar-refractivity contribution is -0.118. The summed E-state index contributed by atoms with van der Waals surface area (Å²) in [6.07, 6.45) is 3.31. The molecule has 0 aliphatic carbocycles. The van der Waals surface area contributed by atoms with Crippen molar-refractivity contribution in [1.29, 1.82) is 0 Å². The van der Waals surface area contributed by atoms with Crippen LogP contribution in [0.1, 0.15) is 30.1 Å². The van der Waals surface area contributed by atoms with E-state index in [4.69, 9.17) is 9.47 Å². The largest absolute Gasteiger partial charge is 0.438 e. The molecule has 0 spiro atoms. The maximum atomic E-state index is 14.5. The molecule has 0 unspecified atom stereocenters. The van der Waals surface area contributed by atoms with E-state index >= 15 is 0 Å². The average molecular weight is 556 g/mol. The molecule has 3 aromatic carbocycles. The number of nitrogens with one attached hydrogen (secondary N) is 1. The van der Waals surface area contributed by atoms with Crippen LogP contribution in [0.2, 0.25) is 0 Å². The van der Waals surface area contributed by atoms with E-state index in [1.807, 2.05) is 34.1 Å². The van der Waals surface area contributed by atoms with Gasteiger partial charge in [0.05, 0.1) is 19.3 Å². The normalized spacial score (nSPS) is 17.1. The quantitative estimate of drug-likeness (QED) is 0.332. The lowest BCUT2D eigenvalue weighted by Gasteiger charge is -2.29. The molecule has 1 aromatic heterocycles. The van der Waals surface area contributed by atoms with E-state index in [0.717, 1.165) is 23.6 Å². The molecular weight excluding hydrogens is 525 g/mol. The molecule has 3 heterocycles. The molecule has 41 heavy (non-hydrogen) atoms. The van der Waals surface area contributed by atoms with Gasteiger partial charge in [-0.15, -0.1) is 0 Å². The first kappa shape index (κ1) is 26.6. The highest BCUT2D eigenvalue weighted by Gasteiger charge is 2.30. The lowest BCUT2D eigenvalue weighted by Crippen LogP contribution is -2.36. The van der Waals surface area contributed by atoms with Crippen molar-refractivity contribution in [3.63, 3.8) is 0 Å². The molecule has 210 valence electrons. The van der Waals surface area contributed by atoms with E-state index in [9.17, 15) is 14.0 Å². The number of Topliss-reactive ketones (excluding diaryl/α,β-unsaturated/α-hetero) is 1. The highest BCUT2D eigenvalue weighted by atomic mass is 19.1. The van der Waals surface area contributed by atoms with Crippen molar-refractivity contribution in [2.24, 2.45) is 0 Å². The van der Waals surface area contributed by atoms with Crippen LogP contribution >= 0.6 is 0 Å². The number of rotatable bonds is 7. The predicted molar refractivity (Wildman–Crippen MR) is 154 cm³/mol. The van der Waals surface area contributed by atoms with Crippen LogP contribution < -0.4 is 19.9 Å². The molecule has 2 fully saturated rings. The molecule has 2 saturated heterocycles. The van der Waals surface area contributed by atoms with Crippen LogP contribution in [0.15, 0.2) is 66.9 Å². The third-order valence-electron chi connectivity index (χ3n) is 7.46. The summed E-state index contributed by atoms with van der Waals surface area (Å²) >= 11 is 0. The van der Waals surface area contributed by atoms with Gasteiger partial charge < -0.3 is 24.6 Å². The molecule has 0 radical (unpaired) electrons. The van der Waals surface area contributed by atoms with Crippen molar-refractivity contribution in [2.45, 2.75) is 25.8 Å². The number of amides is 1. The Kier molecular flexibility index (Phi) is 7.47. The Balaban J connectivity index is 1.25. The Morgan fingerprint density at radius 1 is 1.02 bits per heavy atom. The summed E-state index contributed by atoms with van der Waals surface area (Å²) in [5.74, 6) is 0.565. The molecule has 0 saturated carbocycles. The standard InChI is InChI=1S/C31H30FN5O4/c1-20(38)27-7-4-12-37(27)31-33-11-10-29(35-31)41-28-9-8-26(24-5-2-3-6-25(24)28)34-30(39)21-17-22(32)19-23(18-21)36-13-15-40-16-14-36/h2-3,5-6,8-11,17-19,27H,4,7,12-16H2,1H3,(H,34,39)/t27-/m0/s1. The number of carbonyl (C=O) groups is 2. The monoisotopic (exact) mass is 555 g/mol. The first-order valence-electron chi connectivity index (χ1n) is 13.7. The van der Waals surface area contributed by atoms with Crippen molar-refractivity contribution in [3.05, 3.63) is 78.2 Å². The molecule has 1 N–H and O–H groups in total. The van der Waals surface area contributed by atoms with Crippen molar-refractivity contribution >= 4 is 39.8 Å². The number of fused-ring (bicyclic) bond motifs is 1.